The van der Waals surface area contributed by atoms with Crippen molar-refractivity contribution in [2.24, 2.45) is 5.92 Å². The highest BCUT2D eigenvalue weighted by atomic mass is 32.1. The molecule has 2 atom stereocenters. The van der Waals surface area contributed by atoms with Crippen LogP contribution in [0.3, 0.4) is 0 Å². The summed E-state index contributed by atoms with van der Waals surface area (Å²) in [5, 5.41) is 6.22. The number of urea groups is 1. The van der Waals surface area contributed by atoms with E-state index >= 15 is 0 Å². The van der Waals surface area contributed by atoms with Gasteiger partial charge in [0.25, 0.3) is 5.91 Å². The molecule has 3 amide bonds. The van der Waals surface area contributed by atoms with Gasteiger partial charge in [-0.15, -0.1) is 11.3 Å². The molecule has 1 aliphatic rings. The molecule has 3 rings (SSSR count). The van der Waals surface area contributed by atoms with Gasteiger partial charge >= 0.3 is 6.03 Å². The topological polar surface area (TPSA) is 61.4 Å². The lowest BCUT2D eigenvalue weighted by molar-refractivity contribution is 0.0634. The van der Waals surface area contributed by atoms with Gasteiger partial charge in [-0.05, 0) is 43.0 Å². The number of nitrogens with one attached hydrogen (secondary N) is 2. The Balaban J connectivity index is 1.60. The summed E-state index contributed by atoms with van der Waals surface area (Å²) in [6.45, 7) is 2.23. The highest BCUT2D eigenvalue weighted by Crippen LogP contribution is 2.30. The van der Waals surface area contributed by atoms with Crippen LogP contribution in [0.4, 0.5) is 15.5 Å². The minimum absolute atomic E-state index is 0.0327. The molecule has 6 heteroatoms. The second-order valence-electron chi connectivity index (χ2n) is 6.85. The lowest BCUT2D eigenvalue weighted by Gasteiger charge is -2.36. The molecule has 0 saturated heterocycles. The molecule has 26 heavy (non-hydrogen) atoms. The first kappa shape index (κ1) is 18.5. The molecule has 138 valence electrons. The van der Waals surface area contributed by atoms with Crippen molar-refractivity contribution < 1.29 is 9.59 Å². The molecule has 2 N–H and O–H groups in total. The van der Waals surface area contributed by atoms with E-state index < -0.39 is 0 Å². The van der Waals surface area contributed by atoms with E-state index in [4.69, 9.17) is 0 Å². The molecule has 1 saturated carbocycles. The summed E-state index contributed by atoms with van der Waals surface area (Å²) in [5.74, 6) is 0.567. The maximum atomic E-state index is 12.8. The summed E-state index contributed by atoms with van der Waals surface area (Å²) in [4.78, 5) is 27.4. The summed E-state index contributed by atoms with van der Waals surface area (Å²) in [6.07, 6.45) is 4.69. The number of nitrogens with zero attached hydrogens (tertiary/aromatic N) is 1. The largest absolute Gasteiger partial charge is 0.338 e. The van der Waals surface area contributed by atoms with E-state index in [9.17, 15) is 9.59 Å². The predicted molar refractivity (Wildman–Crippen MR) is 107 cm³/mol. The van der Waals surface area contributed by atoms with Crippen molar-refractivity contribution in [2.45, 2.75) is 38.6 Å². The number of hydrogen-bond acceptors (Lipinski definition) is 3. The second kappa shape index (κ2) is 8.36. The molecule has 1 aliphatic carbocycles. The number of thiophene rings is 1. The van der Waals surface area contributed by atoms with Crippen LogP contribution in [0, 0.1) is 5.92 Å². The molecule has 2 aromatic rings. The number of para-hydroxylation sites is 1. The van der Waals surface area contributed by atoms with Crippen LogP contribution < -0.4 is 10.6 Å². The summed E-state index contributed by atoms with van der Waals surface area (Å²) in [6, 6.07) is 12.8. The molecule has 2 unspecified atom stereocenters. The normalized spacial score (nSPS) is 19.6. The van der Waals surface area contributed by atoms with Gasteiger partial charge in [0.2, 0.25) is 0 Å². The van der Waals surface area contributed by atoms with Crippen molar-refractivity contribution in [3.05, 3.63) is 47.3 Å². The molecule has 1 fully saturated rings. The summed E-state index contributed by atoms with van der Waals surface area (Å²) in [7, 11) is 1.89. The molecule has 1 heterocycles. The Morgan fingerprint density at radius 3 is 2.50 bits per heavy atom. The Morgan fingerprint density at radius 2 is 1.77 bits per heavy atom. The molecule has 0 radical (unpaired) electrons. The molecule has 1 aromatic carbocycles. The number of hydrogen-bond donors (Lipinski definition) is 2. The van der Waals surface area contributed by atoms with Crippen LogP contribution >= 0.6 is 11.3 Å². The maximum Gasteiger partial charge on any atom is 0.324 e. The first-order valence-electron chi connectivity index (χ1n) is 9.04. The van der Waals surface area contributed by atoms with Gasteiger partial charge in [0.15, 0.2) is 0 Å². The Kier molecular flexibility index (Phi) is 5.93. The highest BCUT2D eigenvalue weighted by molar-refractivity contribution is 7.18. The Labute approximate surface area is 158 Å². The van der Waals surface area contributed by atoms with Crippen LogP contribution in [-0.2, 0) is 0 Å². The number of rotatable bonds is 4. The van der Waals surface area contributed by atoms with E-state index in [0.29, 0.717) is 21.8 Å². The average Bonchev–Trinajstić information content (AvgIpc) is 3.10. The first-order chi connectivity index (χ1) is 12.5. The zero-order chi connectivity index (χ0) is 18.5. The van der Waals surface area contributed by atoms with E-state index in [0.717, 1.165) is 12.1 Å². The molecule has 5 nitrogen and oxygen atoms in total. The predicted octanol–water partition coefficient (Wildman–Crippen LogP) is 5.04. The van der Waals surface area contributed by atoms with Crippen LogP contribution in [0.2, 0.25) is 0 Å². The smallest absolute Gasteiger partial charge is 0.324 e. The molecular formula is C20H25N3O2S. The fourth-order valence-electron chi connectivity index (χ4n) is 3.51. The van der Waals surface area contributed by atoms with Gasteiger partial charge in [-0.2, -0.15) is 0 Å². The van der Waals surface area contributed by atoms with Crippen LogP contribution in [0.5, 0.6) is 0 Å². The quantitative estimate of drug-likeness (QED) is 0.791. The average molecular weight is 372 g/mol. The van der Waals surface area contributed by atoms with E-state index in [1.54, 1.807) is 12.1 Å². The summed E-state index contributed by atoms with van der Waals surface area (Å²) >= 11 is 1.31. The lowest BCUT2D eigenvalue weighted by Crippen LogP contribution is -2.42. The minimum Gasteiger partial charge on any atom is -0.338 e. The molecule has 1 aromatic heterocycles. The Bertz CT molecular complexity index is 759. The van der Waals surface area contributed by atoms with Gasteiger partial charge in [-0.3, -0.25) is 10.1 Å². The number of carbonyl (C=O) groups excluding carboxylic acids is 2. The Morgan fingerprint density at radius 1 is 1.04 bits per heavy atom. The van der Waals surface area contributed by atoms with Crippen LogP contribution in [-0.4, -0.2) is 29.9 Å². The van der Waals surface area contributed by atoms with Gasteiger partial charge in [0, 0.05) is 18.8 Å². The van der Waals surface area contributed by atoms with E-state index in [1.165, 1.54) is 30.6 Å². The van der Waals surface area contributed by atoms with Crippen molar-refractivity contribution in [2.75, 3.05) is 17.7 Å². The zero-order valence-corrected chi connectivity index (χ0v) is 16.0. The number of anilines is 2. The van der Waals surface area contributed by atoms with Crippen molar-refractivity contribution in [1.82, 2.24) is 4.90 Å². The minimum atomic E-state index is -0.314. The SMILES string of the molecule is CC1CCCCC1N(C)C(=O)c1ccc(NC(=O)Nc2ccccc2)s1. The maximum absolute atomic E-state index is 12.8. The van der Waals surface area contributed by atoms with Crippen molar-refractivity contribution in [3.8, 4) is 0 Å². The summed E-state index contributed by atoms with van der Waals surface area (Å²) < 4.78 is 0. The van der Waals surface area contributed by atoms with E-state index in [2.05, 4.69) is 17.6 Å². The summed E-state index contributed by atoms with van der Waals surface area (Å²) in [5.41, 5.74) is 0.726. The third-order valence-corrected chi connectivity index (χ3v) is 5.96. The molecule has 0 spiro atoms. The monoisotopic (exact) mass is 371 g/mol. The van der Waals surface area contributed by atoms with Crippen LogP contribution in [0.25, 0.3) is 0 Å². The van der Waals surface area contributed by atoms with Crippen molar-refractivity contribution in [3.63, 3.8) is 0 Å². The van der Waals surface area contributed by atoms with E-state index in [-0.39, 0.29) is 11.9 Å². The van der Waals surface area contributed by atoms with Gasteiger partial charge in [-0.1, -0.05) is 38.0 Å². The fraction of sp³-hybridized carbons (Fsp3) is 0.400. The van der Waals surface area contributed by atoms with Gasteiger partial charge < -0.3 is 10.2 Å². The van der Waals surface area contributed by atoms with Crippen LogP contribution in [0.1, 0.15) is 42.3 Å². The fourth-order valence-corrected chi connectivity index (χ4v) is 4.40. The number of benzene rings is 1. The van der Waals surface area contributed by atoms with Gasteiger partial charge in [0.1, 0.15) is 0 Å². The highest BCUT2D eigenvalue weighted by Gasteiger charge is 2.29. The third-order valence-electron chi connectivity index (χ3n) is 4.97. The molecule has 0 aliphatic heterocycles. The first-order valence-corrected chi connectivity index (χ1v) is 9.86. The number of amides is 3. The third kappa shape index (κ3) is 4.43. The molecular weight excluding hydrogens is 346 g/mol. The number of carbonyl (C=O) groups is 2. The second-order valence-corrected chi connectivity index (χ2v) is 7.94. The van der Waals surface area contributed by atoms with E-state index in [1.807, 2.05) is 42.3 Å². The van der Waals surface area contributed by atoms with Crippen molar-refractivity contribution >= 4 is 34.0 Å². The lowest BCUT2D eigenvalue weighted by atomic mass is 9.85. The van der Waals surface area contributed by atoms with Gasteiger partial charge in [-0.25, -0.2) is 4.79 Å². The molecule has 0 bridgehead atoms. The zero-order valence-electron chi connectivity index (χ0n) is 15.2. The van der Waals surface area contributed by atoms with Crippen molar-refractivity contribution in [1.29, 1.82) is 0 Å². The van der Waals surface area contributed by atoms with Gasteiger partial charge in [0.05, 0.1) is 9.88 Å². The van der Waals surface area contributed by atoms with Crippen LogP contribution in [0.15, 0.2) is 42.5 Å². The Hall–Kier alpha value is -2.34. The standard InChI is InChI=1S/C20H25N3O2S/c1-14-8-6-7-11-16(14)23(2)19(24)17-12-13-18(26-17)22-20(25)21-15-9-4-3-5-10-15/h3-5,9-10,12-14,16H,6-8,11H2,1-2H3,(H2,21,22,25).